The van der Waals surface area contributed by atoms with Gasteiger partial charge in [-0.3, -0.25) is 0 Å². The Labute approximate surface area is 133 Å². The molecule has 0 amide bonds. The van der Waals surface area contributed by atoms with Gasteiger partial charge in [-0.2, -0.15) is 0 Å². The van der Waals surface area contributed by atoms with E-state index in [-0.39, 0.29) is 0 Å². The minimum Gasteiger partial charge on any atom is -0.474 e. The summed E-state index contributed by atoms with van der Waals surface area (Å²) in [5, 5.41) is 3.11. The second-order valence-corrected chi connectivity index (χ2v) is 6.36. The van der Waals surface area contributed by atoms with Crippen molar-refractivity contribution in [2.45, 2.75) is 58.6 Å². The molecule has 1 heterocycles. The van der Waals surface area contributed by atoms with Crippen molar-refractivity contribution in [3.05, 3.63) is 23.9 Å². The fraction of sp³-hybridized carbons (Fsp3) is 0.647. The molecule has 5 heteroatoms. The van der Waals surface area contributed by atoms with Crippen molar-refractivity contribution in [3.63, 3.8) is 0 Å². The summed E-state index contributed by atoms with van der Waals surface area (Å²) in [4.78, 5) is 8.66. The number of guanidine groups is 1. The average Bonchev–Trinajstić information content (AvgIpc) is 2.52. The largest absolute Gasteiger partial charge is 0.474 e. The van der Waals surface area contributed by atoms with E-state index in [0.717, 1.165) is 24.9 Å². The molecular formula is C17H28N4O. The number of nitrogens with one attached hydrogen (secondary N) is 1. The van der Waals surface area contributed by atoms with Gasteiger partial charge in [0.05, 0.1) is 6.54 Å². The summed E-state index contributed by atoms with van der Waals surface area (Å²) in [6.45, 7) is 5.65. The summed E-state index contributed by atoms with van der Waals surface area (Å²) in [7, 11) is 0. The van der Waals surface area contributed by atoms with Crippen LogP contribution in [0.2, 0.25) is 0 Å². The minimum absolute atomic E-state index is 0.317. The third kappa shape index (κ3) is 5.92. The SMILES string of the molecule is CC(C)CNC(N)=NCc1ccnc(OC2CCCCC2)c1. The first-order valence-corrected chi connectivity index (χ1v) is 8.29. The van der Waals surface area contributed by atoms with Crippen LogP contribution in [-0.2, 0) is 6.54 Å². The van der Waals surface area contributed by atoms with Crippen molar-refractivity contribution < 1.29 is 4.74 Å². The van der Waals surface area contributed by atoms with E-state index in [1.165, 1.54) is 19.3 Å². The number of aliphatic imine (C=N–C) groups is 1. The van der Waals surface area contributed by atoms with Crippen molar-refractivity contribution in [2.24, 2.45) is 16.6 Å². The maximum Gasteiger partial charge on any atom is 0.213 e. The normalized spacial score (nSPS) is 16.8. The highest BCUT2D eigenvalue weighted by Gasteiger charge is 2.15. The van der Waals surface area contributed by atoms with Crippen molar-refractivity contribution in [2.75, 3.05) is 6.54 Å². The van der Waals surface area contributed by atoms with Gasteiger partial charge in [0.15, 0.2) is 5.96 Å². The average molecular weight is 304 g/mol. The van der Waals surface area contributed by atoms with Crippen LogP contribution in [-0.4, -0.2) is 23.6 Å². The molecule has 1 aromatic rings. The molecule has 1 aromatic heterocycles. The first kappa shape index (κ1) is 16.6. The van der Waals surface area contributed by atoms with E-state index >= 15 is 0 Å². The second-order valence-electron chi connectivity index (χ2n) is 6.36. The van der Waals surface area contributed by atoms with Crippen LogP contribution in [0.3, 0.4) is 0 Å². The summed E-state index contributed by atoms with van der Waals surface area (Å²) in [6, 6.07) is 3.92. The Morgan fingerprint density at radius 3 is 2.91 bits per heavy atom. The zero-order valence-corrected chi connectivity index (χ0v) is 13.7. The van der Waals surface area contributed by atoms with Gasteiger partial charge in [-0.15, -0.1) is 0 Å². The highest BCUT2D eigenvalue weighted by molar-refractivity contribution is 5.77. The number of hydrogen-bond acceptors (Lipinski definition) is 3. The van der Waals surface area contributed by atoms with Crippen LogP contribution in [0, 0.1) is 5.92 Å². The summed E-state index contributed by atoms with van der Waals surface area (Å²) in [5.41, 5.74) is 6.91. The Bertz CT molecular complexity index is 481. The summed E-state index contributed by atoms with van der Waals surface area (Å²) in [6.07, 6.45) is 8.20. The van der Waals surface area contributed by atoms with Crippen LogP contribution in [0.4, 0.5) is 0 Å². The fourth-order valence-electron chi connectivity index (χ4n) is 2.51. The van der Waals surface area contributed by atoms with E-state index in [2.05, 4.69) is 29.1 Å². The molecule has 0 radical (unpaired) electrons. The van der Waals surface area contributed by atoms with Gasteiger partial charge in [0.1, 0.15) is 6.10 Å². The van der Waals surface area contributed by atoms with Gasteiger partial charge < -0.3 is 15.8 Å². The maximum atomic E-state index is 5.98. The van der Waals surface area contributed by atoms with E-state index in [4.69, 9.17) is 10.5 Å². The van der Waals surface area contributed by atoms with Crippen LogP contribution >= 0.6 is 0 Å². The maximum absolute atomic E-state index is 5.98. The van der Waals surface area contributed by atoms with Crippen LogP contribution in [0.15, 0.2) is 23.3 Å². The fourth-order valence-corrected chi connectivity index (χ4v) is 2.51. The number of aromatic nitrogens is 1. The first-order chi connectivity index (χ1) is 10.6. The van der Waals surface area contributed by atoms with Crippen molar-refractivity contribution in [3.8, 4) is 5.88 Å². The highest BCUT2D eigenvalue weighted by Crippen LogP contribution is 2.22. The van der Waals surface area contributed by atoms with E-state index in [0.29, 0.717) is 30.4 Å². The van der Waals surface area contributed by atoms with Gasteiger partial charge in [-0.05, 0) is 43.2 Å². The molecular weight excluding hydrogens is 276 g/mol. The van der Waals surface area contributed by atoms with Crippen molar-refractivity contribution in [1.29, 1.82) is 0 Å². The van der Waals surface area contributed by atoms with Crippen molar-refractivity contribution >= 4 is 5.96 Å². The lowest BCUT2D eigenvalue weighted by molar-refractivity contribution is 0.148. The van der Waals surface area contributed by atoms with Gasteiger partial charge in [0.25, 0.3) is 0 Å². The Kier molecular flexibility index (Phi) is 6.49. The van der Waals surface area contributed by atoms with Gasteiger partial charge in [0.2, 0.25) is 5.88 Å². The number of nitrogens with two attached hydrogens (primary N) is 1. The predicted octanol–water partition coefficient (Wildman–Crippen LogP) is 2.85. The number of hydrogen-bond donors (Lipinski definition) is 2. The monoisotopic (exact) mass is 304 g/mol. The molecule has 0 spiro atoms. The molecule has 0 saturated heterocycles. The number of nitrogens with zero attached hydrogens (tertiary/aromatic N) is 2. The van der Waals surface area contributed by atoms with Crippen LogP contribution in [0.25, 0.3) is 0 Å². The van der Waals surface area contributed by atoms with E-state index in [1.54, 1.807) is 6.20 Å². The van der Waals surface area contributed by atoms with E-state index < -0.39 is 0 Å². The van der Waals surface area contributed by atoms with Crippen LogP contribution in [0.5, 0.6) is 5.88 Å². The second kappa shape index (κ2) is 8.61. The molecule has 1 aliphatic rings. The van der Waals surface area contributed by atoms with Crippen LogP contribution < -0.4 is 15.8 Å². The Morgan fingerprint density at radius 1 is 1.41 bits per heavy atom. The first-order valence-electron chi connectivity index (χ1n) is 8.29. The zero-order valence-electron chi connectivity index (χ0n) is 13.7. The molecule has 2 rings (SSSR count). The molecule has 1 aliphatic carbocycles. The topological polar surface area (TPSA) is 72.5 Å². The predicted molar refractivity (Wildman–Crippen MR) is 89.9 cm³/mol. The quantitative estimate of drug-likeness (QED) is 0.626. The standard InChI is InChI=1S/C17H28N4O/c1-13(2)11-20-17(18)21-12-14-8-9-19-16(10-14)22-15-6-4-3-5-7-15/h8-10,13,15H,3-7,11-12H2,1-2H3,(H3,18,20,21). The molecule has 1 fully saturated rings. The number of pyridine rings is 1. The number of ether oxygens (including phenoxy) is 1. The van der Waals surface area contributed by atoms with E-state index in [1.807, 2.05) is 12.1 Å². The third-order valence-corrected chi connectivity index (χ3v) is 3.76. The third-order valence-electron chi connectivity index (χ3n) is 3.76. The van der Waals surface area contributed by atoms with Gasteiger partial charge in [-0.25, -0.2) is 9.98 Å². The van der Waals surface area contributed by atoms with Crippen LogP contribution in [0.1, 0.15) is 51.5 Å². The Balaban J connectivity index is 1.86. The lowest BCUT2D eigenvalue weighted by Gasteiger charge is -2.22. The lowest BCUT2D eigenvalue weighted by atomic mass is 9.98. The molecule has 122 valence electrons. The van der Waals surface area contributed by atoms with Gasteiger partial charge >= 0.3 is 0 Å². The molecule has 3 N–H and O–H groups in total. The highest BCUT2D eigenvalue weighted by atomic mass is 16.5. The number of rotatable bonds is 6. The van der Waals surface area contributed by atoms with Gasteiger partial charge in [-0.1, -0.05) is 20.3 Å². The molecule has 0 aliphatic heterocycles. The molecule has 0 bridgehead atoms. The molecule has 5 nitrogen and oxygen atoms in total. The zero-order chi connectivity index (χ0) is 15.8. The van der Waals surface area contributed by atoms with E-state index in [9.17, 15) is 0 Å². The summed E-state index contributed by atoms with van der Waals surface area (Å²) >= 11 is 0. The molecule has 1 saturated carbocycles. The minimum atomic E-state index is 0.317. The Morgan fingerprint density at radius 2 is 2.18 bits per heavy atom. The summed E-state index contributed by atoms with van der Waals surface area (Å²) in [5.74, 6) is 1.73. The molecule has 0 aromatic carbocycles. The lowest BCUT2D eigenvalue weighted by Crippen LogP contribution is -2.34. The Hall–Kier alpha value is -1.78. The molecule has 0 unspecified atom stereocenters. The summed E-state index contributed by atoms with van der Waals surface area (Å²) < 4.78 is 5.98. The molecule has 0 atom stereocenters. The van der Waals surface area contributed by atoms with Gasteiger partial charge in [0, 0.05) is 18.8 Å². The molecule has 22 heavy (non-hydrogen) atoms. The smallest absolute Gasteiger partial charge is 0.213 e. The van der Waals surface area contributed by atoms with Crippen molar-refractivity contribution in [1.82, 2.24) is 10.3 Å².